The maximum Gasteiger partial charge on any atom is 0.271 e. The minimum atomic E-state index is -0.757. The Morgan fingerprint density at radius 3 is 2.80 bits per heavy atom. The summed E-state index contributed by atoms with van der Waals surface area (Å²) in [5, 5.41) is 12.6. The summed E-state index contributed by atoms with van der Waals surface area (Å²) >= 11 is 5.78. The standard InChI is InChI=1S/C15H18ClN3O/c1-2-11-6-8-15(10-17,9-7-11)19-14(20)12-4-3-5-13(16)18-12/h3-5,11H,2,6-9H2,1H3,(H,19,20). The number of nitrogens with one attached hydrogen (secondary N) is 1. The molecule has 0 aliphatic heterocycles. The minimum absolute atomic E-state index is 0.254. The Hall–Kier alpha value is -1.60. The first-order valence-electron chi connectivity index (χ1n) is 6.95. The van der Waals surface area contributed by atoms with Crippen LogP contribution in [0.4, 0.5) is 0 Å². The number of nitriles is 1. The normalized spacial score (nSPS) is 25.8. The lowest BCUT2D eigenvalue weighted by molar-refractivity contribution is 0.0886. The van der Waals surface area contributed by atoms with Crippen molar-refractivity contribution in [2.24, 2.45) is 5.92 Å². The van der Waals surface area contributed by atoms with E-state index in [9.17, 15) is 10.1 Å². The molecular weight excluding hydrogens is 274 g/mol. The Kier molecular flexibility index (Phi) is 4.61. The molecule has 5 heteroatoms. The predicted molar refractivity (Wildman–Crippen MR) is 77.3 cm³/mol. The third-order valence-corrected chi connectivity index (χ3v) is 4.26. The van der Waals surface area contributed by atoms with Gasteiger partial charge in [0.05, 0.1) is 6.07 Å². The van der Waals surface area contributed by atoms with Gasteiger partial charge in [-0.1, -0.05) is 31.0 Å². The number of nitrogens with zero attached hydrogens (tertiary/aromatic N) is 2. The highest BCUT2D eigenvalue weighted by molar-refractivity contribution is 6.29. The van der Waals surface area contributed by atoms with Crippen LogP contribution in [-0.2, 0) is 0 Å². The molecule has 0 spiro atoms. The SMILES string of the molecule is CCC1CCC(C#N)(NC(=O)c2cccc(Cl)n2)CC1. The molecule has 1 aliphatic rings. The zero-order valence-corrected chi connectivity index (χ0v) is 12.3. The number of rotatable bonds is 3. The topological polar surface area (TPSA) is 65.8 Å². The fraction of sp³-hybridized carbons (Fsp3) is 0.533. The highest BCUT2D eigenvalue weighted by atomic mass is 35.5. The van der Waals surface area contributed by atoms with Gasteiger partial charge in [0.15, 0.2) is 0 Å². The van der Waals surface area contributed by atoms with E-state index in [0.717, 1.165) is 19.3 Å². The van der Waals surface area contributed by atoms with Crippen molar-refractivity contribution in [3.63, 3.8) is 0 Å². The van der Waals surface area contributed by atoms with E-state index in [1.165, 1.54) is 0 Å². The van der Waals surface area contributed by atoms with Crippen LogP contribution in [-0.4, -0.2) is 16.4 Å². The number of amides is 1. The van der Waals surface area contributed by atoms with Crippen molar-refractivity contribution >= 4 is 17.5 Å². The van der Waals surface area contributed by atoms with Crippen LogP contribution in [0.25, 0.3) is 0 Å². The van der Waals surface area contributed by atoms with E-state index in [1.54, 1.807) is 18.2 Å². The van der Waals surface area contributed by atoms with E-state index in [0.29, 0.717) is 18.8 Å². The first-order chi connectivity index (χ1) is 9.58. The van der Waals surface area contributed by atoms with E-state index >= 15 is 0 Å². The average Bonchev–Trinajstić information content (AvgIpc) is 2.48. The maximum atomic E-state index is 12.2. The summed E-state index contributed by atoms with van der Waals surface area (Å²) in [6.45, 7) is 2.17. The van der Waals surface area contributed by atoms with E-state index in [-0.39, 0.29) is 16.8 Å². The van der Waals surface area contributed by atoms with Crippen LogP contribution in [0.3, 0.4) is 0 Å². The summed E-state index contributed by atoms with van der Waals surface area (Å²) in [5.41, 5.74) is -0.503. The summed E-state index contributed by atoms with van der Waals surface area (Å²) in [4.78, 5) is 16.2. The zero-order valence-electron chi connectivity index (χ0n) is 11.5. The Bertz CT molecular complexity index is 530. The number of hydrogen-bond acceptors (Lipinski definition) is 3. The van der Waals surface area contributed by atoms with Crippen LogP contribution in [0.5, 0.6) is 0 Å². The van der Waals surface area contributed by atoms with Crippen molar-refractivity contribution < 1.29 is 4.79 Å². The van der Waals surface area contributed by atoms with Crippen molar-refractivity contribution in [3.05, 3.63) is 29.0 Å². The molecule has 0 radical (unpaired) electrons. The van der Waals surface area contributed by atoms with Crippen LogP contribution >= 0.6 is 11.6 Å². The van der Waals surface area contributed by atoms with Gasteiger partial charge in [-0.25, -0.2) is 4.98 Å². The fourth-order valence-corrected chi connectivity index (χ4v) is 2.82. The van der Waals surface area contributed by atoms with Crippen molar-refractivity contribution in [1.29, 1.82) is 5.26 Å². The number of carbonyl (C=O) groups is 1. The number of pyridine rings is 1. The van der Waals surface area contributed by atoms with Crippen molar-refractivity contribution in [2.75, 3.05) is 0 Å². The van der Waals surface area contributed by atoms with Crippen LogP contribution in [0.2, 0.25) is 5.15 Å². The van der Waals surface area contributed by atoms with Crippen LogP contribution in [0.1, 0.15) is 49.5 Å². The van der Waals surface area contributed by atoms with Gasteiger partial charge in [0.1, 0.15) is 16.4 Å². The van der Waals surface area contributed by atoms with Gasteiger partial charge in [0.2, 0.25) is 0 Å². The molecule has 1 aliphatic carbocycles. The van der Waals surface area contributed by atoms with Crippen LogP contribution in [0.15, 0.2) is 18.2 Å². The summed E-state index contributed by atoms with van der Waals surface area (Å²) in [5.74, 6) is 0.335. The lowest BCUT2D eigenvalue weighted by Crippen LogP contribution is -2.49. The molecule has 0 saturated heterocycles. The molecule has 1 saturated carbocycles. The number of aromatic nitrogens is 1. The molecule has 0 aromatic carbocycles. The molecule has 106 valence electrons. The molecule has 1 aromatic rings. The Morgan fingerprint density at radius 1 is 1.55 bits per heavy atom. The van der Waals surface area contributed by atoms with E-state index in [1.807, 2.05) is 0 Å². The lowest BCUT2D eigenvalue weighted by Gasteiger charge is -2.35. The lowest BCUT2D eigenvalue weighted by atomic mass is 9.76. The monoisotopic (exact) mass is 291 g/mol. The number of carbonyl (C=O) groups excluding carboxylic acids is 1. The molecule has 4 nitrogen and oxygen atoms in total. The fourth-order valence-electron chi connectivity index (χ4n) is 2.66. The maximum absolute atomic E-state index is 12.2. The minimum Gasteiger partial charge on any atom is -0.332 e. The first kappa shape index (κ1) is 14.8. The van der Waals surface area contributed by atoms with Crippen molar-refractivity contribution in [2.45, 2.75) is 44.6 Å². The third-order valence-electron chi connectivity index (χ3n) is 4.05. The smallest absolute Gasteiger partial charge is 0.271 e. The first-order valence-corrected chi connectivity index (χ1v) is 7.32. The largest absolute Gasteiger partial charge is 0.332 e. The van der Waals surface area contributed by atoms with Crippen LogP contribution < -0.4 is 5.32 Å². The Morgan fingerprint density at radius 2 is 2.25 bits per heavy atom. The van der Waals surface area contributed by atoms with E-state index in [2.05, 4.69) is 23.3 Å². The third kappa shape index (κ3) is 3.29. The van der Waals surface area contributed by atoms with Crippen molar-refractivity contribution in [1.82, 2.24) is 10.3 Å². The highest BCUT2D eigenvalue weighted by Crippen LogP contribution is 2.33. The summed E-state index contributed by atoms with van der Waals surface area (Å²) in [6.07, 6.45) is 4.49. The zero-order chi connectivity index (χ0) is 14.6. The molecule has 1 amide bonds. The van der Waals surface area contributed by atoms with Gasteiger partial charge in [0, 0.05) is 0 Å². The molecule has 1 aromatic heterocycles. The number of hydrogen-bond donors (Lipinski definition) is 1. The quantitative estimate of drug-likeness (QED) is 0.869. The second kappa shape index (κ2) is 6.23. The molecule has 1 fully saturated rings. The summed E-state index contributed by atoms with van der Waals surface area (Å²) < 4.78 is 0. The van der Waals surface area contributed by atoms with E-state index < -0.39 is 5.54 Å². The van der Waals surface area contributed by atoms with Gasteiger partial charge in [-0.15, -0.1) is 0 Å². The van der Waals surface area contributed by atoms with E-state index in [4.69, 9.17) is 11.6 Å². The van der Waals surface area contributed by atoms with Gasteiger partial charge in [-0.05, 0) is 43.7 Å². The average molecular weight is 292 g/mol. The number of halogens is 1. The molecule has 0 atom stereocenters. The molecule has 1 N–H and O–H groups in total. The van der Waals surface area contributed by atoms with Gasteiger partial charge >= 0.3 is 0 Å². The van der Waals surface area contributed by atoms with Gasteiger partial charge in [0.25, 0.3) is 5.91 Å². The van der Waals surface area contributed by atoms with Gasteiger partial charge in [-0.3, -0.25) is 4.79 Å². The molecule has 0 bridgehead atoms. The predicted octanol–water partition coefficient (Wildman–Crippen LogP) is 3.33. The Labute approximate surface area is 124 Å². The summed E-state index contributed by atoms with van der Waals surface area (Å²) in [6, 6.07) is 7.18. The second-order valence-corrected chi connectivity index (χ2v) is 5.73. The summed E-state index contributed by atoms with van der Waals surface area (Å²) in [7, 11) is 0. The Balaban J connectivity index is 2.07. The van der Waals surface area contributed by atoms with Crippen molar-refractivity contribution in [3.8, 4) is 6.07 Å². The molecule has 1 heterocycles. The molecule has 0 unspecified atom stereocenters. The van der Waals surface area contributed by atoms with Gasteiger partial charge in [-0.2, -0.15) is 5.26 Å². The molecule has 20 heavy (non-hydrogen) atoms. The second-order valence-electron chi connectivity index (χ2n) is 5.35. The van der Waals surface area contributed by atoms with Gasteiger partial charge < -0.3 is 5.32 Å². The molecular formula is C15H18ClN3O. The highest BCUT2D eigenvalue weighted by Gasteiger charge is 2.36. The van der Waals surface area contributed by atoms with Crippen LogP contribution in [0, 0.1) is 17.2 Å². The molecule has 2 rings (SSSR count).